The van der Waals surface area contributed by atoms with E-state index in [2.05, 4.69) is 20.9 Å². The van der Waals surface area contributed by atoms with E-state index in [0.29, 0.717) is 25.5 Å². The van der Waals surface area contributed by atoms with Gasteiger partial charge in [-0.15, -0.1) is 0 Å². The van der Waals surface area contributed by atoms with Crippen LogP contribution in [0.1, 0.15) is 82.6 Å². The summed E-state index contributed by atoms with van der Waals surface area (Å²) < 4.78 is 28.1. The Morgan fingerprint density at radius 2 is 1.67 bits per heavy atom. The molecule has 3 amide bonds. The number of nitrogens with zero attached hydrogens (tertiary/aromatic N) is 1. The monoisotopic (exact) mass is 604 g/mol. The summed E-state index contributed by atoms with van der Waals surface area (Å²) in [5.74, 6) is -3.22. The summed E-state index contributed by atoms with van der Waals surface area (Å²) in [4.78, 5) is 43.4. The highest BCUT2D eigenvalue weighted by Gasteiger charge is 2.43. The second-order valence-corrected chi connectivity index (χ2v) is 12.0. The number of rotatable bonds is 17. The van der Waals surface area contributed by atoms with Crippen LogP contribution in [0.25, 0.3) is 0 Å². The third-order valence-corrected chi connectivity index (χ3v) is 7.33. The molecule has 0 aliphatic heterocycles. The largest absolute Gasteiger partial charge is 0.389 e. The molecule has 4 atom stereocenters. The highest BCUT2D eigenvalue weighted by atomic mass is 19.1. The zero-order valence-corrected chi connectivity index (χ0v) is 25.7. The van der Waals surface area contributed by atoms with Gasteiger partial charge in [-0.1, -0.05) is 46.5 Å². The second-order valence-electron chi connectivity index (χ2n) is 12.0. The Bertz CT molecular complexity index is 1180. The normalized spacial score (nSPS) is 14.5. The number of hydrogen-bond donors (Lipinski definition) is 5. The molecule has 1 aromatic carbocycles. The van der Waals surface area contributed by atoms with Gasteiger partial charge < -0.3 is 26.2 Å². The summed E-state index contributed by atoms with van der Waals surface area (Å²) in [5, 5.41) is 30.7. The zero-order chi connectivity index (χ0) is 32.2. The van der Waals surface area contributed by atoms with E-state index >= 15 is 0 Å². The van der Waals surface area contributed by atoms with E-state index < -0.39 is 59.1 Å². The fraction of sp³-hybridized carbons (Fsp3) is 0.562. The van der Waals surface area contributed by atoms with E-state index in [0.717, 1.165) is 31.4 Å². The van der Waals surface area contributed by atoms with Gasteiger partial charge in [0.05, 0.1) is 23.1 Å². The quantitative estimate of drug-likeness (QED) is 0.175. The van der Waals surface area contributed by atoms with Crippen molar-refractivity contribution in [3.8, 4) is 0 Å². The molecule has 238 valence electrons. The predicted molar refractivity (Wildman–Crippen MR) is 160 cm³/mol. The molecule has 1 heterocycles. The maximum Gasteiger partial charge on any atom is 0.253 e. The fourth-order valence-electron chi connectivity index (χ4n) is 4.61. The topological polar surface area (TPSA) is 141 Å². The van der Waals surface area contributed by atoms with Crippen LogP contribution in [0.15, 0.2) is 42.7 Å². The lowest BCUT2D eigenvalue weighted by atomic mass is 9.79. The number of pyridine rings is 1. The van der Waals surface area contributed by atoms with Crippen LogP contribution in [-0.2, 0) is 16.0 Å². The lowest BCUT2D eigenvalue weighted by molar-refractivity contribution is -0.143. The Kier molecular flexibility index (Phi) is 14.1. The molecule has 4 unspecified atom stereocenters. The molecule has 2 aromatic rings. The number of aliphatic hydroxyl groups excluding tert-OH is 2. The molecule has 0 spiro atoms. The van der Waals surface area contributed by atoms with Gasteiger partial charge in [0.15, 0.2) is 0 Å². The summed E-state index contributed by atoms with van der Waals surface area (Å²) in [5.41, 5.74) is -1.11. The molecule has 0 radical (unpaired) electrons. The van der Waals surface area contributed by atoms with E-state index in [1.165, 1.54) is 26.2 Å². The number of unbranched alkanes of at least 4 members (excludes halogenated alkanes) is 3. The molecule has 0 saturated carbocycles. The minimum Gasteiger partial charge on any atom is -0.389 e. The first kappa shape index (κ1) is 35.8. The number of amides is 3. The van der Waals surface area contributed by atoms with Crippen LogP contribution in [0.3, 0.4) is 0 Å². The molecule has 2 rings (SSSR count). The predicted octanol–water partition coefficient (Wildman–Crippen LogP) is 3.68. The molecule has 9 nitrogen and oxygen atoms in total. The maximum atomic E-state index is 14.0. The molecule has 43 heavy (non-hydrogen) atoms. The number of aliphatic hydroxyl groups is 2. The first-order valence-electron chi connectivity index (χ1n) is 14.9. The Labute approximate surface area is 252 Å². The Morgan fingerprint density at radius 1 is 1.00 bits per heavy atom. The van der Waals surface area contributed by atoms with Gasteiger partial charge in [0.25, 0.3) is 5.91 Å². The van der Waals surface area contributed by atoms with Crippen LogP contribution < -0.4 is 16.0 Å². The molecule has 11 heteroatoms. The van der Waals surface area contributed by atoms with Crippen molar-refractivity contribution in [3.05, 3.63) is 65.5 Å². The Balaban J connectivity index is 2.36. The number of benzene rings is 1. The van der Waals surface area contributed by atoms with Crippen molar-refractivity contribution in [2.45, 2.75) is 97.4 Å². The third-order valence-electron chi connectivity index (χ3n) is 7.33. The second kappa shape index (κ2) is 17.0. The smallest absolute Gasteiger partial charge is 0.253 e. The van der Waals surface area contributed by atoms with Gasteiger partial charge in [-0.05, 0) is 62.4 Å². The summed E-state index contributed by atoms with van der Waals surface area (Å²) in [6, 6.07) is 3.70. The van der Waals surface area contributed by atoms with Gasteiger partial charge in [0.1, 0.15) is 23.8 Å². The Hall–Kier alpha value is -3.44. The minimum absolute atomic E-state index is 0.120. The third kappa shape index (κ3) is 11.3. The average molecular weight is 605 g/mol. The van der Waals surface area contributed by atoms with Crippen LogP contribution in [0, 0.1) is 23.0 Å². The minimum atomic E-state index is -1.72. The first-order chi connectivity index (χ1) is 20.3. The van der Waals surface area contributed by atoms with Crippen molar-refractivity contribution >= 4 is 17.7 Å². The van der Waals surface area contributed by atoms with Gasteiger partial charge in [-0.25, -0.2) is 8.78 Å². The number of nitrogens with one attached hydrogen (secondary N) is 3. The van der Waals surface area contributed by atoms with Crippen molar-refractivity contribution in [2.24, 2.45) is 11.3 Å². The van der Waals surface area contributed by atoms with Crippen molar-refractivity contribution in [3.63, 3.8) is 0 Å². The van der Waals surface area contributed by atoms with Crippen molar-refractivity contribution in [1.29, 1.82) is 0 Å². The van der Waals surface area contributed by atoms with Crippen LogP contribution >= 0.6 is 0 Å². The maximum absolute atomic E-state index is 14.0. The van der Waals surface area contributed by atoms with Crippen molar-refractivity contribution in [2.75, 3.05) is 6.54 Å². The molecule has 0 bridgehead atoms. The van der Waals surface area contributed by atoms with Gasteiger partial charge in [-0.2, -0.15) is 0 Å². The molecular formula is C32H46F2N4O5. The van der Waals surface area contributed by atoms with Crippen molar-refractivity contribution in [1.82, 2.24) is 20.9 Å². The summed E-state index contributed by atoms with van der Waals surface area (Å²) >= 11 is 0. The highest BCUT2D eigenvalue weighted by molar-refractivity contribution is 5.97. The molecular weight excluding hydrogens is 558 g/mol. The Morgan fingerprint density at radius 3 is 2.26 bits per heavy atom. The van der Waals surface area contributed by atoms with Crippen LogP contribution in [0.2, 0.25) is 0 Å². The standard InChI is InChI=1S/C32H46F2N4O5/c1-6-7-8-9-12-25(37-29(41)22-11-10-13-35-19-22)30(42)38-26(16-21-14-23(33)17-24(34)15-21)27(39)28(40)32(4,5)31(43)36-18-20(2)3/h10-11,13-15,17,19-20,25-28,39-40H,6-9,12,16,18H2,1-5H3,(H,36,43)(H,37,41)(H,38,42). The molecule has 0 saturated heterocycles. The number of carbonyl (C=O) groups excluding carboxylic acids is 3. The van der Waals surface area contributed by atoms with Gasteiger partial charge in [-0.3, -0.25) is 19.4 Å². The number of halogens is 2. The van der Waals surface area contributed by atoms with E-state index in [1.807, 2.05) is 20.8 Å². The lowest BCUT2D eigenvalue weighted by Crippen LogP contribution is -2.59. The summed E-state index contributed by atoms with van der Waals surface area (Å²) in [6.07, 6.45) is 2.90. The van der Waals surface area contributed by atoms with Crippen molar-refractivity contribution < 1.29 is 33.4 Å². The molecule has 0 aliphatic carbocycles. The van der Waals surface area contributed by atoms with E-state index in [4.69, 9.17) is 0 Å². The summed E-state index contributed by atoms with van der Waals surface area (Å²) in [7, 11) is 0. The summed E-state index contributed by atoms with van der Waals surface area (Å²) in [6.45, 7) is 9.14. The number of carbonyl (C=O) groups is 3. The van der Waals surface area contributed by atoms with E-state index in [9.17, 15) is 33.4 Å². The molecule has 0 fully saturated rings. The first-order valence-corrected chi connectivity index (χ1v) is 14.9. The van der Waals surface area contributed by atoms with Crippen LogP contribution in [-0.4, -0.2) is 63.8 Å². The zero-order valence-electron chi connectivity index (χ0n) is 25.7. The van der Waals surface area contributed by atoms with Gasteiger partial charge in [0, 0.05) is 25.0 Å². The molecule has 5 N–H and O–H groups in total. The number of hydrogen-bond acceptors (Lipinski definition) is 6. The average Bonchev–Trinajstić information content (AvgIpc) is 2.95. The van der Waals surface area contributed by atoms with Gasteiger partial charge in [0.2, 0.25) is 11.8 Å². The van der Waals surface area contributed by atoms with Crippen LogP contribution in [0.5, 0.6) is 0 Å². The van der Waals surface area contributed by atoms with Gasteiger partial charge >= 0.3 is 0 Å². The molecule has 1 aromatic heterocycles. The molecule has 0 aliphatic rings. The van der Waals surface area contributed by atoms with Crippen LogP contribution in [0.4, 0.5) is 8.78 Å². The lowest BCUT2D eigenvalue weighted by Gasteiger charge is -2.37. The highest BCUT2D eigenvalue weighted by Crippen LogP contribution is 2.26. The van der Waals surface area contributed by atoms with E-state index in [-0.39, 0.29) is 23.5 Å². The fourth-order valence-corrected chi connectivity index (χ4v) is 4.61. The SMILES string of the molecule is CCCCCCC(NC(=O)c1cccnc1)C(=O)NC(Cc1cc(F)cc(F)c1)C(O)C(O)C(C)(C)C(=O)NCC(C)C. The van der Waals surface area contributed by atoms with E-state index in [1.54, 1.807) is 12.1 Å². The number of aromatic nitrogens is 1.